The molecule has 0 radical (unpaired) electrons. The summed E-state index contributed by atoms with van der Waals surface area (Å²) in [5, 5.41) is 3.39. The monoisotopic (exact) mass is 349 g/mol. The van der Waals surface area contributed by atoms with Crippen LogP contribution < -0.4 is 14.8 Å². The van der Waals surface area contributed by atoms with Crippen molar-refractivity contribution in [3.05, 3.63) is 52.5 Å². The largest absolute Gasteiger partial charge is 0.496 e. The highest BCUT2D eigenvalue weighted by molar-refractivity contribution is 9.10. The van der Waals surface area contributed by atoms with Crippen LogP contribution >= 0.6 is 15.9 Å². The number of ether oxygens (including phenoxy) is 2. The van der Waals surface area contributed by atoms with Crippen LogP contribution in [0.2, 0.25) is 0 Å². The number of benzene rings is 2. The van der Waals surface area contributed by atoms with Crippen molar-refractivity contribution in [2.75, 3.05) is 19.0 Å². The molecule has 0 bridgehead atoms. The van der Waals surface area contributed by atoms with Gasteiger partial charge in [0.1, 0.15) is 11.5 Å². The van der Waals surface area contributed by atoms with Crippen LogP contribution in [0.1, 0.15) is 18.9 Å². The number of methoxy groups -OCH3 is 1. The molecule has 0 amide bonds. The lowest BCUT2D eigenvalue weighted by Crippen LogP contribution is -2.00. The van der Waals surface area contributed by atoms with Crippen molar-refractivity contribution in [3.63, 3.8) is 0 Å². The fraction of sp³-hybridized carbons (Fsp3) is 0.294. The molecule has 0 aromatic heterocycles. The Bertz CT molecular complexity index is 570. The van der Waals surface area contributed by atoms with Gasteiger partial charge in [-0.05, 0) is 58.2 Å². The van der Waals surface area contributed by atoms with Crippen LogP contribution in [0.15, 0.2) is 46.9 Å². The van der Waals surface area contributed by atoms with E-state index in [4.69, 9.17) is 9.47 Å². The van der Waals surface area contributed by atoms with Gasteiger partial charge in [-0.25, -0.2) is 0 Å². The van der Waals surface area contributed by atoms with Gasteiger partial charge in [-0.2, -0.15) is 0 Å². The molecule has 0 spiro atoms. The Morgan fingerprint density at radius 1 is 1.10 bits per heavy atom. The molecule has 0 atom stereocenters. The van der Waals surface area contributed by atoms with E-state index in [1.807, 2.05) is 30.3 Å². The van der Waals surface area contributed by atoms with Gasteiger partial charge >= 0.3 is 0 Å². The summed E-state index contributed by atoms with van der Waals surface area (Å²) < 4.78 is 11.7. The lowest BCUT2D eigenvalue weighted by molar-refractivity contribution is 0.317. The first-order valence-electron chi connectivity index (χ1n) is 7.02. The maximum absolute atomic E-state index is 5.57. The third-order valence-corrected chi connectivity index (χ3v) is 3.66. The topological polar surface area (TPSA) is 30.5 Å². The lowest BCUT2D eigenvalue weighted by atomic mass is 10.2. The van der Waals surface area contributed by atoms with Gasteiger partial charge in [-0.15, -0.1) is 0 Å². The summed E-state index contributed by atoms with van der Waals surface area (Å²) in [6, 6.07) is 14.1. The van der Waals surface area contributed by atoms with E-state index in [1.165, 1.54) is 5.56 Å². The molecule has 21 heavy (non-hydrogen) atoms. The van der Waals surface area contributed by atoms with Gasteiger partial charge in [0.15, 0.2) is 0 Å². The molecule has 3 nitrogen and oxygen atoms in total. The van der Waals surface area contributed by atoms with E-state index in [9.17, 15) is 0 Å². The number of halogens is 1. The fourth-order valence-corrected chi connectivity index (χ4v) is 2.44. The molecule has 112 valence electrons. The molecule has 0 aliphatic carbocycles. The summed E-state index contributed by atoms with van der Waals surface area (Å²) >= 11 is 3.49. The highest BCUT2D eigenvalue weighted by atomic mass is 79.9. The van der Waals surface area contributed by atoms with E-state index >= 15 is 0 Å². The molecule has 0 heterocycles. The zero-order valence-corrected chi connectivity index (χ0v) is 13.9. The Balaban J connectivity index is 1.92. The van der Waals surface area contributed by atoms with Crippen LogP contribution in [-0.2, 0) is 6.54 Å². The van der Waals surface area contributed by atoms with Crippen molar-refractivity contribution < 1.29 is 9.47 Å². The Kier molecular flexibility index (Phi) is 5.93. The van der Waals surface area contributed by atoms with Gasteiger partial charge < -0.3 is 14.8 Å². The predicted octanol–water partition coefficient (Wildman–Crippen LogP) is 4.86. The van der Waals surface area contributed by atoms with Gasteiger partial charge in [0, 0.05) is 12.2 Å². The highest BCUT2D eigenvalue weighted by Crippen LogP contribution is 2.28. The minimum absolute atomic E-state index is 0.761. The van der Waals surface area contributed by atoms with Crippen LogP contribution in [0.25, 0.3) is 0 Å². The summed E-state index contributed by atoms with van der Waals surface area (Å²) in [7, 11) is 1.66. The number of hydrogen-bond donors (Lipinski definition) is 1. The summed E-state index contributed by atoms with van der Waals surface area (Å²) in [4.78, 5) is 0. The third-order valence-electron chi connectivity index (χ3n) is 3.04. The second-order valence-electron chi connectivity index (χ2n) is 4.70. The van der Waals surface area contributed by atoms with Crippen molar-refractivity contribution in [1.29, 1.82) is 0 Å². The van der Waals surface area contributed by atoms with E-state index in [1.54, 1.807) is 7.11 Å². The van der Waals surface area contributed by atoms with E-state index < -0.39 is 0 Å². The van der Waals surface area contributed by atoms with Gasteiger partial charge in [0.05, 0.1) is 18.2 Å². The Morgan fingerprint density at radius 3 is 2.48 bits per heavy atom. The summed E-state index contributed by atoms with van der Waals surface area (Å²) in [6.45, 7) is 3.63. The second-order valence-corrected chi connectivity index (χ2v) is 5.55. The molecule has 0 aliphatic heterocycles. The zero-order valence-electron chi connectivity index (χ0n) is 12.4. The minimum Gasteiger partial charge on any atom is -0.496 e. The van der Waals surface area contributed by atoms with Crippen molar-refractivity contribution >= 4 is 21.6 Å². The number of nitrogens with one attached hydrogen (secondary N) is 1. The average Bonchev–Trinajstić information content (AvgIpc) is 2.52. The Hall–Kier alpha value is -1.68. The molecule has 0 aliphatic rings. The average molecular weight is 350 g/mol. The molecule has 0 fully saturated rings. The first kappa shape index (κ1) is 15.7. The van der Waals surface area contributed by atoms with Gasteiger partial charge in [-0.1, -0.05) is 19.1 Å². The fourth-order valence-electron chi connectivity index (χ4n) is 1.90. The minimum atomic E-state index is 0.761. The van der Waals surface area contributed by atoms with Crippen LogP contribution in [0, 0.1) is 0 Å². The number of hydrogen-bond acceptors (Lipinski definition) is 3. The van der Waals surface area contributed by atoms with Crippen molar-refractivity contribution in [3.8, 4) is 11.5 Å². The maximum atomic E-state index is 5.57. The molecular weight excluding hydrogens is 330 g/mol. The molecule has 4 heteroatoms. The SMILES string of the molecule is CCCOc1ccc(CNc2ccc(OC)c(Br)c2)cc1. The zero-order chi connectivity index (χ0) is 15.1. The van der Waals surface area contributed by atoms with E-state index in [0.717, 1.165) is 41.2 Å². The van der Waals surface area contributed by atoms with E-state index in [-0.39, 0.29) is 0 Å². The first-order valence-corrected chi connectivity index (χ1v) is 7.81. The van der Waals surface area contributed by atoms with Gasteiger partial charge in [0.2, 0.25) is 0 Å². The summed E-state index contributed by atoms with van der Waals surface area (Å²) in [5.41, 5.74) is 2.26. The highest BCUT2D eigenvalue weighted by Gasteiger charge is 2.01. The van der Waals surface area contributed by atoms with Gasteiger partial charge in [-0.3, -0.25) is 0 Å². The van der Waals surface area contributed by atoms with Crippen molar-refractivity contribution in [2.24, 2.45) is 0 Å². The van der Waals surface area contributed by atoms with Crippen LogP contribution in [-0.4, -0.2) is 13.7 Å². The summed E-state index contributed by atoms with van der Waals surface area (Å²) in [6.07, 6.45) is 1.02. The van der Waals surface area contributed by atoms with Crippen molar-refractivity contribution in [2.45, 2.75) is 19.9 Å². The second kappa shape index (κ2) is 7.93. The van der Waals surface area contributed by atoms with Gasteiger partial charge in [0.25, 0.3) is 0 Å². The van der Waals surface area contributed by atoms with Crippen LogP contribution in [0.4, 0.5) is 5.69 Å². The smallest absolute Gasteiger partial charge is 0.133 e. The van der Waals surface area contributed by atoms with Crippen LogP contribution in [0.5, 0.6) is 11.5 Å². The number of anilines is 1. The molecule has 2 aromatic carbocycles. The molecule has 2 rings (SSSR count). The molecule has 2 aromatic rings. The molecule has 0 saturated heterocycles. The first-order chi connectivity index (χ1) is 10.2. The quantitative estimate of drug-likeness (QED) is 0.774. The Morgan fingerprint density at radius 2 is 1.86 bits per heavy atom. The Labute approximate surface area is 134 Å². The number of rotatable bonds is 7. The van der Waals surface area contributed by atoms with E-state index in [2.05, 4.69) is 40.3 Å². The van der Waals surface area contributed by atoms with E-state index in [0.29, 0.717) is 0 Å². The molecule has 0 unspecified atom stereocenters. The van der Waals surface area contributed by atoms with Crippen molar-refractivity contribution in [1.82, 2.24) is 0 Å². The predicted molar refractivity (Wildman–Crippen MR) is 90.2 cm³/mol. The molecular formula is C17H20BrNO2. The normalized spacial score (nSPS) is 10.2. The maximum Gasteiger partial charge on any atom is 0.133 e. The third kappa shape index (κ3) is 4.67. The summed E-state index contributed by atoms with van der Waals surface area (Å²) in [5.74, 6) is 1.76. The standard InChI is InChI=1S/C17H20BrNO2/c1-3-10-21-15-7-4-13(5-8-15)12-19-14-6-9-17(20-2)16(18)11-14/h4-9,11,19H,3,10,12H2,1-2H3. The lowest BCUT2D eigenvalue weighted by Gasteiger charge is -2.10. The van der Waals surface area contributed by atoms with Crippen LogP contribution in [0.3, 0.4) is 0 Å². The molecule has 1 N–H and O–H groups in total. The molecule has 0 saturated carbocycles.